The maximum absolute atomic E-state index is 11.3. The maximum atomic E-state index is 11.3. The molecule has 0 aromatic carbocycles. The number of anilines is 1. The normalized spacial score (nSPS) is 14.5. The predicted molar refractivity (Wildman–Crippen MR) is 63.5 cm³/mol. The molecular weight excluding hydrogens is 218 g/mol. The van der Waals surface area contributed by atoms with Gasteiger partial charge >= 0.3 is 0 Å². The molecule has 0 spiro atoms. The fourth-order valence-electron chi connectivity index (χ4n) is 1.38. The van der Waals surface area contributed by atoms with Crippen LogP contribution in [0.3, 0.4) is 0 Å². The Morgan fingerprint density at radius 1 is 1.24 bits per heavy atom. The van der Waals surface area contributed by atoms with Gasteiger partial charge in [0.15, 0.2) is 0 Å². The lowest BCUT2D eigenvalue weighted by Crippen LogP contribution is -2.30. The summed E-state index contributed by atoms with van der Waals surface area (Å²) < 4.78 is 0. The summed E-state index contributed by atoms with van der Waals surface area (Å²) in [4.78, 5) is 15.6. The molecule has 2 N–H and O–H groups in total. The average molecular weight is 235 g/mol. The number of amides is 1. The van der Waals surface area contributed by atoms with E-state index in [0.717, 1.165) is 24.2 Å². The summed E-state index contributed by atoms with van der Waals surface area (Å²) in [5.74, 6) is 0.925. The van der Waals surface area contributed by atoms with Gasteiger partial charge in [-0.2, -0.15) is 5.10 Å². The molecule has 17 heavy (non-hydrogen) atoms. The van der Waals surface area contributed by atoms with Crippen molar-refractivity contribution < 1.29 is 4.79 Å². The summed E-state index contributed by atoms with van der Waals surface area (Å²) in [5, 5.41) is 13.8. The minimum atomic E-state index is 0.158. The first-order chi connectivity index (χ1) is 8.16. The van der Waals surface area contributed by atoms with Crippen molar-refractivity contribution in [1.29, 1.82) is 0 Å². The molecule has 1 heterocycles. The van der Waals surface area contributed by atoms with E-state index in [1.165, 1.54) is 0 Å². The Hall–Kier alpha value is -1.72. The number of hydrogen-bond donors (Lipinski definition) is 2. The standard InChI is InChI=1S/C11H17N5O/c1-7-8(2)15-16-11(14-7)13-6-5-12-10(17)9-3-4-9/h9H,3-6H2,1-2H3,(H,12,17)(H,13,14,16). The van der Waals surface area contributed by atoms with Crippen molar-refractivity contribution in [3.8, 4) is 0 Å². The first kappa shape index (κ1) is 11.8. The second-order valence-corrected chi connectivity index (χ2v) is 4.30. The SMILES string of the molecule is Cc1nnc(NCCNC(=O)C2CC2)nc1C. The van der Waals surface area contributed by atoms with E-state index >= 15 is 0 Å². The van der Waals surface area contributed by atoms with Crippen molar-refractivity contribution in [2.45, 2.75) is 26.7 Å². The summed E-state index contributed by atoms with van der Waals surface area (Å²) in [6.45, 7) is 4.97. The average Bonchev–Trinajstić information content (AvgIpc) is 3.13. The van der Waals surface area contributed by atoms with E-state index in [1.807, 2.05) is 13.8 Å². The topological polar surface area (TPSA) is 79.8 Å². The summed E-state index contributed by atoms with van der Waals surface area (Å²) in [6, 6.07) is 0. The minimum absolute atomic E-state index is 0.158. The molecule has 0 atom stereocenters. The van der Waals surface area contributed by atoms with Crippen LogP contribution in [0.1, 0.15) is 24.2 Å². The van der Waals surface area contributed by atoms with E-state index in [4.69, 9.17) is 0 Å². The van der Waals surface area contributed by atoms with Gasteiger partial charge in [0.05, 0.1) is 11.4 Å². The molecule has 0 bridgehead atoms. The lowest BCUT2D eigenvalue weighted by molar-refractivity contribution is -0.122. The molecule has 6 nitrogen and oxygen atoms in total. The Morgan fingerprint density at radius 3 is 2.65 bits per heavy atom. The molecule has 92 valence electrons. The smallest absolute Gasteiger partial charge is 0.243 e. The van der Waals surface area contributed by atoms with Crippen LogP contribution in [-0.2, 0) is 4.79 Å². The first-order valence-electron chi connectivity index (χ1n) is 5.86. The lowest BCUT2D eigenvalue weighted by Gasteiger charge is -2.06. The number of nitrogens with zero attached hydrogens (tertiary/aromatic N) is 3. The largest absolute Gasteiger partial charge is 0.354 e. The monoisotopic (exact) mass is 235 g/mol. The van der Waals surface area contributed by atoms with Crippen molar-refractivity contribution in [3.05, 3.63) is 11.4 Å². The van der Waals surface area contributed by atoms with Gasteiger partial charge in [0.25, 0.3) is 0 Å². The van der Waals surface area contributed by atoms with Crippen LogP contribution in [-0.4, -0.2) is 34.2 Å². The van der Waals surface area contributed by atoms with Gasteiger partial charge in [-0.25, -0.2) is 4.98 Å². The van der Waals surface area contributed by atoms with Crippen molar-refractivity contribution in [2.75, 3.05) is 18.4 Å². The zero-order chi connectivity index (χ0) is 12.3. The van der Waals surface area contributed by atoms with Crippen molar-refractivity contribution in [1.82, 2.24) is 20.5 Å². The number of nitrogens with one attached hydrogen (secondary N) is 2. The first-order valence-corrected chi connectivity index (χ1v) is 5.86. The van der Waals surface area contributed by atoms with E-state index in [9.17, 15) is 4.79 Å². The van der Waals surface area contributed by atoms with Gasteiger partial charge in [-0.3, -0.25) is 4.79 Å². The summed E-state index contributed by atoms with van der Waals surface area (Å²) in [7, 11) is 0. The Kier molecular flexibility index (Phi) is 3.51. The number of rotatable bonds is 5. The third-order valence-electron chi connectivity index (χ3n) is 2.75. The Morgan fingerprint density at radius 2 is 2.00 bits per heavy atom. The molecule has 0 unspecified atom stereocenters. The third kappa shape index (κ3) is 3.37. The number of hydrogen-bond acceptors (Lipinski definition) is 5. The highest BCUT2D eigenvalue weighted by Gasteiger charge is 2.28. The van der Waals surface area contributed by atoms with Gasteiger partial charge in [-0.05, 0) is 26.7 Å². The van der Waals surface area contributed by atoms with Crippen LogP contribution in [0, 0.1) is 19.8 Å². The van der Waals surface area contributed by atoms with Crippen LogP contribution < -0.4 is 10.6 Å². The van der Waals surface area contributed by atoms with Crippen LogP contribution in [0.4, 0.5) is 5.95 Å². The number of carbonyl (C=O) groups is 1. The quantitative estimate of drug-likeness (QED) is 0.723. The van der Waals surface area contributed by atoms with Crippen LogP contribution in [0.5, 0.6) is 0 Å². The lowest BCUT2D eigenvalue weighted by atomic mass is 10.4. The van der Waals surface area contributed by atoms with Crippen LogP contribution in [0.2, 0.25) is 0 Å². The van der Waals surface area contributed by atoms with Gasteiger partial charge in [-0.15, -0.1) is 5.10 Å². The minimum Gasteiger partial charge on any atom is -0.354 e. The molecule has 0 saturated heterocycles. The zero-order valence-electron chi connectivity index (χ0n) is 10.2. The van der Waals surface area contributed by atoms with Gasteiger partial charge in [0, 0.05) is 19.0 Å². The van der Waals surface area contributed by atoms with Gasteiger partial charge in [0.1, 0.15) is 0 Å². The Bertz CT molecular complexity index is 416. The zero-order valence-corrected chi connectivity index (χ0v) is 10.2. The van der Waals surface area contributed by atoms with E-state index in [2.05, 4.69) is 25.8 Å². The summed E-state index contributed by atoms with van der Waals surface area (Å²) >= 11 is 0. The molecule has 2 rings (SSSR count). The van der Waals surface area contributed by atoms with Crippen molar-refractivity contribution >= 4 is 11.9 Å². The number of carbonyl (C=O) groups excluding carboxylic acids is 1. The van der Waals surface area contributed by atoms with E-state index in [1.54, 1.807) is 0 Å². The number of aryl methyl sites for hydroxylation is 2. The van der Waals surface area contributed by atoms with Gasteiger partial charge in [-0.1, -0.05) is 0 Å². The molecular formula is C11H17N5O. The maximum Gasteiger partial charge on any atom is 0.243 e. The second kappa shape index (κ2) is 5.07. The van der Waals surface area contributed by atoms with Crippen molar-refractivity contribution in [2.24, 2.45) is 5.92 Å². The molecule has 0 radical (unpaired) electrons. The van der Waals surface area contributed by atoms with E-state index < -0.39 is 0 Å². The molecule has 1 aliphatic carbocycles. The predicted octanol–water partition coefficient (Wildman–Crippen LogP) is 0.427. The summed E-state index contributed by atoms with van der Waals surface area (Å²) in [6.07, 6.45) is 2.06. The van der Waals surface area contributed by atoms with Crippen LogP contribution >= 0.6 is 0 Å². The summed E-state index contributed by atoms with van der Waals surface area (Å²) in [5.41, 5.74) is 1.70. The highest BCUT2D eigenvalue weighted by atomic mass is 16.2. The van der Waals surface area contributed by atoms with Crippen molar-refractivity contribution in [3.63, 3.8) is 0 Å². The van der Waals surface area contributed by atoms with Gasteiger partial charge in [0.2, 0.25) is 11.9 Å². The molecule has 1 fully saturated rings. The van der Waals surface area contributed by atoms with Gasteiger partial charge < -0.3 is 10.6 Å². The molecule has 1 aliphatic rings. The van der Waals surface area contributed by atoms with E-state index in [-0.39, 0.29) is 11.8 Å². The molecule has 1 saturated carbocycles. The highest BCUT2D eigenvalue weighted by molar-refractivity contribution is 5.80. The Labute approximate surface area is 100 Å². The van der Waals surface area contributed by atoms with E-state index in [0.29, 0.717) is 19.0 Å². The Balaban J connectivity index is 1.70. The third-order valence-corrected chi connectivity index (χ3v) is 2.75. The van der Waals surface area contributed by atoms with Crippen LogP contribution in [0.25, 0.3) is 0 Å². The second-order valence-electron chi connectivity index (χ2n) is 4.30. The highest BCUT2D eigenvalue weighted by Crippen LogP contribution is 2.28. The molecule has 1 aromatic rings. The molecule has 1 amide bonds. The number of aromatic nitrogens is 3. The molecule has 1 aromatic heterocycles. The fraction of sp³-hybridized carbons (Fsp3) is 0.636. The van der Waals surface area contributed by atoms with Crippen LogP contribution in [0.15, 0.2) is 0 Å². The molecule has 6 heteroatoms. The fourth-order valence-corrected chi connectivity index (χ4v) is 1.38. The molecule has 0 aliphatic heterocycles.